The van der Waals surface area contributed by atoms with Crippen LogP contribution in [-0.4, -0.2) is 31.6 Å². The molecule has 0 spiro atoms. The number of anilines is 1. The van der Waals surface area contributed by atoms with Gasteiger partial charge in [0.2, 0.25) is 0 Å². The molecule has 0 saturated carbocycles. The molecule has 8 heteroatoms. The van der Waals surface area contributed by atoms with Gasteiger partial charge in [-0.25, -0.2) is 12.8 Å². The number of nitrogens with zero attached hydrogens (tertiary/aromatic N) is 2. The van der Waals surface area contributed by atoms with Crippen molar-refractivity contribution in [2.24, 2.45) is 7.05 Å². The summed E-state index contributed by atoms with van der Waals surface area (Å²) in [6.07, 6.45) is 0.921. The quantitative estimate of drug-likeness (QED) is 0.920. The number of aromatic nitrogens is 2. The number of nitrogen functional groups attached to an aromatic ring is 1. The molecule has 0 atom stereocenters. The van der Waals surface area contributed by atoms with Crippen LogP contribution in [0.2, 0.25) is 0 Å². The summed E-state index contributed by atoms with van der Waals surface area (Å²) < 4.78 is 44.2. The van der Waals surface area contributed by atoms with Crippen molar-refractivity contribution in [3.8, 4) is 17.0 Å². The van der Waals surface area contributed by atoms with Crippen LogP contribution in [0.5, 0.6) is 5.75 Å². The monoisotopic (exact) mass is 299 g/mol. The number of rotatable bonds is 3. The van der Waals surface area contributed by atoms with E-state index < -0.39 is 20.5 Å². The van der Waals surface area contributed by atoms with Crippen LogP contribution in [0.25, 0.3) is 11.3 Å². The van der Waals surface area contributed by atoms with Gasteiger partial charge < -0.3 is 10.5 Å². The highest BCUT2D eigenvalue weighted by Gasteiger charge is 2.24. The first-order chi connectivity index (χ1) is 9.25. The highest BCUT2D eigenvalue weighted by atomic mass is 32.2. The lowest BCUT2D eigenvalue weighted by atomic mass is 10.1. The molecular formula is C12H14FN3O3S. The average molecular weight is 299 g/mol. The van der Waals surface area contributed by atoms with E-state index in [1.165, 1.54) is 30.0 Å². The van der Waals surface area contributed by atoms with Crippen molar-refractivity contribution in [1.29, 1.82) is 0 Å². The third kappa shape index (κ3) is 2.34. The predicted molar refractivity (Wildman–Crippen MR) is 72.7 cm³/mol. The van der Waals surface area contributed by atoms with Gasteiger partial charge in [0.15, 0.2) is 15.7 Å². The molecule has 1 heterocycles. The van der Waals surface area contributed by atoms with Crippen LogP contribution in [0.15, 0.2) is 23.1 Å². The molecule has 2 aromatic rings. The van der Waals surface area contributed by atoms with Crippen LogP contribution < -0.4 is 10.5 Å². The Bertz CT molecular complexity index is 749. The molecule has 6 nitrogen and oxygen atoms in total. The Balaban J connectivity index is 2.74. The first-order valence-electron chi connectivity index (χ1n) is 5.62. The molecule has 0 saturated heterocycles. The van der Waals surface area contributed by atoms with Crippen LogP contribution in [0, 0.1) is 5.82 Å². The number of sulfone groups is 1. The molecule has 1 aromatic carbocycles. The SMILES string of the molecule is COc1ccc(-c2cc(N)n(C)n2)c(F)c1S(C)(=O)=O. The van der Waals surface area contributed by atoms with Crippen LogP contribution >= 0.6 is 0 Å². The van der Waals surface area contributed by atoms with E-state index >= 15 is 0 Å². The molecule has 0 bridgehead atoms. The highest BCUT2D eigenvalue weighted by Crippen LogP contribution is 2.33. The van der Waals surface area contributed by atoms with Crippen LogP contribution in [-0.2, 0) is 16.9 Å². The second kappa shape index (κ2) is 4.78. The van der Waals surface area contributed by atoms with Crippen molar-refractivity contribution in [3.63, 3.8) is 0 Å². The minimum absolute atomic E-state index is 0.0438. The highest BCUT2D eigenvalue weighted by molar-refractivity contribution is 7.90. The lowest BCUT2D eigenvalue weighted by Crippen LogP contribution is -2.05. The Morgan fingerprint density at radius 2 is 2.05 bits per heavy atom. The van der Waals surface area contributed by atoms with Gasteiger partial charge in [-0.05, 0) is 12.1 Å². The molecule has 1 aromatic heterocycles. The number of halogens is 1. The van der Waals surface area contributed by atoms with Gasteiger partial charge in [-0.15, -0.1) is 0 Å². The van der Waals surface area contributed by atoms with Crippen LogP contribution in [0.3, 0.4) is 0 Å². The molecule has 0 amide bonds. The van der Waals surface area contributed by atoms with E-state index in [9.17, 15) is 12.8 Å². The number of methoxy groups -OCH3 is 1. The largest absolute Gasteiger partial charge is 0.495 e. The lowest BCUT2D eigenvalue weighted by Gasteiger charge is -2.10. The summed E-state index contributed by atoms with van der Waals surface area (Å²) >= 11 is 0. The molecule has 2 rings (SSSR count). The van der Waals surface area contributed by atoms with Crippen molar-refractivity contribution in [1.82, 2.24) is 9.78 Å². The van der Waals surface area contributed by atoms with E-state index in [4.69, 9.17) is 10.5 Å². The third-order valence-corrected chi connectivity index (χ3v) is 3.97. The fraction of sp³-hybridized carbons (Fsp3) is 0.250. The second-order valence-electron chi connectivity index (χ2n) is 4.31. The standard InChI is InChI=1S/C12H14FN3O3S/c1-16-10(14)6-8(15-16)7-4-5-9(19-2)12(11(7)13)20(3,17)18/h4-6H,14H2,1-3H3. The van der Waals surface area contributed by atoms with E-state index in [-0.39, 0.29) is 17.0 Å². The summed E-state index contributed by atoms with van der Waals surface area (Å²) in [5, 5.41) is 4.04. The molecule has 0 radical (unpaired) electrons. The summed E-state index contributed by atoms with van der Waals surface area (Å²) in [5.41, 5.74) is 5.96. The van der Waals surface area contributed by atoms with E-state index in [0.717, 1.165) is 6.26 Å². The molecule has 108 valence electrons. The average Bonchev–Trinajstić information content (AvgIpc) is 2.67. The van der Waals surface area contributed by atoms with Crippen molar-refractivity contribution < 1.29 is 17.5 Å². The van der Waals surface area contributed by atoms with Gasteiger partial charge in [-0.1, -0.05) is 0 Å². The zero-order valence-corrected chi connectivity index (χ0v) is 12.0. The van der Waals surface area contributed by atoms with Gasteiger partial charge in [-0.2, -0.15) is 5.10 Å². The predicted octanol–water partition coefficient (Wildman–Crippen LogP) is 1.22. The van der Waals surface area contributed by atoms with E-state index in [1.54, 1.807) is 7.05 Å². The minimum atomic E-state index is -3.78. The maximum absolute atomic E-state index is 14.5. The Labute approximate surface area is 115 Å². The Morgan fingerprint density at radius 3 is 2.50 bits per heavy atom. The van der Waals surface area contributed by atoms with Gasteiger partial charge in [0.05, 0.1) is 12.8 Å². The molecular weight excluding hydrogens is 285 g/mol. The number of hydrogen-bond acceptors (Lipinski definition) is 5. The molecule has 0 aliphatic heterocycles. The molecule has 0 aliphatic carbocycles. The molecule has 0 aliphatic rings. The van der Waals surface area contributed by atoms with Gasteiger partial charge >= 0.3 is 0 Å². The first-order valence-corrected chi connectivity index (χ1v) is 7.51. The Kier molecular flexibility index (Phi) is 3.43. The maximum atomic E-state index is 14.5. The summed E-state index contributed by atoms with van der Waals surface area (Å²) in [5.74, 6) is -0.598. The Morgan fingerprint density at radius 1 is 1.40 bits per heavy atom. The minimum Gasteiger partial charge on any atom is -0.495 e. The van der Waals surface area contributed by atoms with Gasteiger partial charge in [0.25, 0.3) is 0 Å². The van der Waals surface area contributed by atoms with Crippen LogP contribution in [0.1, 0.15) is 0 Å². The summed E-state index contributed by atoms with van der Waals surface area (Å²) in [6, 6.07) is 4.27. The van der Waals surface area contributed by atoms with Crippen molar-refractivity contribution in [3.05, 3.63) is 24.0 Å². The topological polar surface area (TPSA) is 87.2 Å². The van der Waals surface area contributed by atoms with E-state index in [0.29, 0.717) is 5.82 Å². The fourth-order valence-corrected chi connectivity index (χ4v) is 2.81. The normalized spacial score (nSPS) is 11.6. The number of hydrogen-bond donors (Lipinski definition) is 1. The van der Waals surface area contributed by atoms with E-state index in [2.05, 4.69) is 5.10 Å². The zero-order valence-electron chi connectivity index (χ0n) is 11.2. The van der Waals surface area contributed by atoms with Gasteiger partial charge in [0, 0.05) is 24.9 Å². The lowest BCUT2D eigenvalue weighted by molar-refractivity contribution is 0.395. The molecule has 20 heavy (non-hydrogen) atoms. The molecule has 0 unspecified atom stereocenters. The van der Waals surface area contributed by atoms with Crippen LogP contribution in [0.4, 0.5) is 10.2 Å². The Hall–Kier alpha value is -2.09. The van der Waals surface area contributed by atoms with E-state index in [1.807, 2.05) is 0 Å². The fourth-order valence-electron chi connectivity index (χ4n) is 1.86. The summed E-state index contributed by atoms with van der Waals surface area (Å²) in [4.78, 5) is -0.485. The smallest absolute Gasteiger partial charge is 0.182 e. The van der Waals surface area contributed by atoms with Crippen molar-refractivity contribution >= 4 is 15.7 Å². The van der Waals surface area contributed by atoms with Gasteiger partial charge in [-0.3, -0.25) is 4.68 Å². The number of benzene rings is 1. The summed E-state index contributed by atoms with van der Waals surface area (Å²) in [7, 11) is -0.887. The molecule has 0 fully saturated rings. The second-order valence-corrected chi connectivity index (χ2v) is 6.26. The maximum Gasteiger partial charge on any atom is 0.182 e. The summed E-state index contributed by atoms with van der Waals surface area (Å²) in [6.45, 7) is 0. The van der Waals surface area contributed by atoms with Crippen molar-refractivity contribution in [2.75, 3.05) is 19.1 Å². The first kappa shape index (κ1) is 14.3. The zero-order chi connectivity index (χ0) is 15.1. The number of nitrogens with two attached hydrogens (primary N) is 1. The van der Waals surface area contributed by atoms with Gasteiger partial charge in [0.1, 0.15) is 16.5 Å². The molecule has 2 N–H and O–H groups in total. The third-order valence-electron chi connectivity index (χ3n) is 2.84. The van der Waals surface area contributed by atoms with Crippen molar-refractivity contribution in [2.45, 2.75) is 4.90 Å². The number of aryl methyl sites for hydroxylation is 1. The number of ether oxygens (including phenoxy) is 1.